The summed E-state index contributed by atoms with van der Waals surface area (Å²) in [6.45, 7) is 0.408. The molecule has 3 N–H and O–H groups in total. The Balaban J connectivity index is 1.61. The van der Waals surface area contributed by atoms with Gasteiger partial charge < -0.3 is 25.1 Å². The molecule has 7 heteroatoms. The van der Waals surface area contributed by atoms with E-state index in [2.05, 4.69) is 21.7 Å². The Morgan fingerprint density at radius 3 is 2.61 bits per heavy atom. The molecule has 0 aliphatic heterocycles. The molecule has 6 nitrogen and oxygen atoms in total. The molecule has 1 heterocycles. The maximum absolute atomic E-state index is 12.7. The summed E-state index contributed by atoms with van der Waals surface area (Å²) in [5.41, 5.74) is 3.93. The number of ether oxygens (including phenoxy) is 2. The molecule has 4 aromatic rings. The van der Waals surface area contributed by atoms with Gasteiger partial charge in [0.05, 0.1) is 14.2 Å². The van der Waals surface area contributed by atoms with Gasteiger partial charge in [0.1, 0.15) is 0 Å². The van der Waals surface area contributed by atoms with Gasteiger partial charge in [-0.05, 0) is 53.8 Å². The van der Waals surface area contributed by atoms with Crippen LogP contribution in [0.5, 0.6) is 11.5 Å². The van der Waals surface area contributed by atoms with E-state index in [1.54, 1.807) is 26.0 Å². The van der Waals surface area contributed by atoms with Gasteiger partial charge >= 0.3 is 6.03 Å². The first-order valence-corrected chi connectivity index (χ1v) is 11.8. The number of carbonyl (C=O) groups is 1. The SMILES string of the molecule is COc1ccc([C@H](CNC(=O)Nc2cccc(SC)c2)c2c[nH]c3ccccc23)cc1OC. The third kappa shape index (κ3) is 5.09. The van der Waals surface area contributed by atoms with Gasteiger partial charge in [-0.15, -0.1) is 11.8 Å². The van der Waals surface area contributed by atoms with Crippen molar-refractivity contribution in [1.82, 2.24) is 10.3 Å². The summed E-state index contributed by atoms with van der Waals surface area (Å²) in [6.07, 6.45) is 4.02. The zero-order valence-corrected chi connectivity index (χ0v) is 19.7. The highest BCUT2D eigenvalue weighted by Gasteiger charge is 2.21. The van der Waals surface area contributed by atoms with Gasteiger partial charge in [0, 0.05) is 40.1 Å². The molecule has 0 saturated carbocycles. The lowest BCUT2D eigenvalue weighted by atomic mass is 9.90. The first-order valence-electron chi connectivity index (χ1n) is 10.6. The van der Waals surface area contributed by atoms with Gasteiger partial charge in [-0.25, -0.2) is 4.79 Å². The third-order valence-corrected chi connectivity index (χ3v) is 6.33. The maximum Gasteiger partial charge on any atom is 0.319 e. The van der Waals surface area contributed by atoms with Crippen LogP contribution in [0.1, 0.15) is 17.0 Å². The Morgan fingerprint density at radius 2 is 1.82 bits per heavy atom. The summed E-state index contributed by atoms with van der Waals surface area (Å²) >= 11 is 1.63. The lowest BCUT2D eigenvalue weighted by Gasteiger charge is -2.20. The van der Waals surface area contributed by atoms with Gasteiger partial charge in [-0.1, -0.05) is 30.3 Å². The maximum atomic E-state index is 12.7. The second-order valence-electron chi connectivity index (χ2n) is 7.52. The number of anilines is 1. The number of benzene rings is 3. The molecule has 0 saturated heterocycles. The zero-order chi connectivity index (χ0) is 23.2. The van der Waals surface area contributed by atoms with Crippen molar-refractivity contribution in [2.75, 3.05) is 32.3 Å². The fourth-order valence-electron chi connectivity index (χ4n) is 3.93. The van der Waals surface area contributed by atoms with E-state index in [0.717, 1.165) is 32.6 Å². The lowest BCUT2D eigenvalue weighted by molar-refractivity contribution is 0.252. The van der Waals surface area contributed by atoms with Crippen molar-refractivity contribution in [2.24, 2.45) is 0 Å². The van der Waals surface area contributed by atoms with Crippen LogP contribution < -0.4 is 20.1 Å². The number of fused-ring (bicyclic) bond motifs is 1. The number of thioether (sulfide) groups is 1. The lowest BCUT2D eigenvalue weighted by Crippen LogP contribution is -2.32. The number of urea groups is 1. The van der Waals surface area contributed by atoms with E-state index < -0.39 is 0 Å². The summed E-state index contributed by atoms with van der Waals surface area (Å²) in [6, 6.07) is 21.5. The van der Waals surface area contributed by atoms with Crippen LogP contribution in [0.25, 0.3) is 10.9 Å². The molecule has 33 heavy (non-hydrogen) atoms. The van der Waals surface area contributed by atoms with Gasteiger partial charge in [-0.3, -0.25) is 0 Å². The van der Waals surface area contributed by atoms with Gasteiger partial charge in [-0.2, -0.15) is 0 Å². The fourth-order valence-corrected chi connectivity index (χ4v) is 4.39. The monoisotopic (exact) mass is 461 g/mol. The number of H-pyrrole nitrogens is 1. The van der Waals surface area contributed by atoms with Crippen molar-refractivity contribution in [3.63, 3.8) is 0 Å². The molecule has 0 radical (unpaired) electrons. The Kier molecular flexibility index (Phi) is 7.10. The highest BCUT2D eigenvalue weighted by atomic mass is 32.2. The summed E-state index contributed by atoms with van der Waals surface area (Å²) in [7, 11) is 3.24. The van der Waals surface area contributed by atoms with Crippen molar-refractivity contribution in [2.45, 2.75) is 10.8 Å². The number of amides is 2. The number of rotatable bonds is 8. The number of nitrogens with one attached hydrogen (secondary N) is 3. The van der Waals surface area contributed by atoms with Crippen LogP contribution in [-0.2, 0) is 0 Å². The van der Waals surface area contributed by atoms with Gasteiger partial charge in [0.25, 0.3) is 0 Å². The molecular weight excluding hydrogens is 434 g/mol. The number of aromatic nitrogens is 1. The van der Waals surface area contributed by atoms with E-state index in [1.807, 2.05) is 73.1 Å². The van der Waals surface area contributed by atoms with Crippen molar-refractivity contribution in [3.05, 3.63) is 84.1 Å². The number of para-hydroxylation sites is 1. The topological polar surface area (TPSA) is 75.4 Å². The molecule has 0 aliphatic rings. The van der Waals surface area contributed by atoms with Gasteiger partial charge in [0.15, 0.2) is 11.5 Å². The minimum absolute atomic E-state index is 0.0933. The van der Waals surface area contributed by atoms with E-state index in [0.29, 0.717) is 18.0 Å². The average Bonchev–Trinajstić information content (AvgIpc) is 3.28. The normalized spacial score (nSPS) is 11.7. The fraction of sp³-hybridized carbons (Fsp3) is 0.192. The second kappa shape index (κ2) is 10.4. The Hall–Kier alpha value is -3.58. The summed E-state index contributed by atoms with van der Waals surface area (Å²) in [4.78, 5) is 17.2. The van der Waals surface area contributed by atoms with E-state index in [9.17, 15) is 4.79 Å². The van der Waals surface area contributed by atoms with Crippen molar-refractivity contribution < 1.29 is 14.3 Å². The predicted octanol–water partition coefficient (Wildman–Crippen LogP) is 5.86. The van der Waals surface area contributed by atoms with Crippen molar-refractivity contribution in [1.29, 1.82) is 0 Å². The van der Waals surface area contributed by atoms with Crippen LogP contribution in [0.2, 0.25) is 0 Å². The minimum Gasteiger partial charge on any atom is -0.493 e. The van der Waals surface area contributed by atoms with Crippen LogP contribution in [0.4, 0.5) is 10.5 Å². The quantitative estimate of drug-likeness (QED) is 0.287. The molecule has 2 amide bonds. The van der Waals surface area contributed by atoms with Crippen molar-refractivity contribution in [3.8, 4) is 11.5 Å². The number of carbonyl (C=O) groups excluding carboxylic acids is 1. The predicted molar refractivity (Wildman–Crippen MR) is 135 cm³/mol. The summed E-state index contributed by atoms with van der Waals surface area (Å²) in [5.74, 6) is 1.22. The molecule has 0 fully saturated rings. The second-order valence-corrected chi connectivity index (χ2v) is 8.40. The molecule has 1 atom stereocenters. The first kappa shape index (κ1) is 22.6. The molecule has 4 rings (SSSR count). The highest BCUT2D eigenvalue weighted by Crippen LogP contribution is 2.35. The van der Waals surface area contributed by atoms with Crippen LogP contribution in [0.15, 0.2) is 77.8 Å². The Morgan fingerprint density at radius 1 is 1.00 bits per heavy atom. The molecule has 0 aliphatic carbocycles. The van der Waals surface area contributed by atoms with Crippen LogP contribution in [0.3, 0.4) is 0 Å². The van der Waals surface area contributed by atoms with Gasteiger partial charge in [0.2, 0.25) is 0 Å². The van der Waals surface area contributed by atoms with E-state index in [1.165, 1.54) is 0 Å². The molecule has 3 aromatic carbocycles. The van der Waals surface area contributed by atoms with Crippen LogP contribution >= 0.6 is 11.8 Å². The minimum atomic E-state index is -0.251. The van der Waals surface area contributed by atoms with Crippen LogP contribution in [-0.4, -0.2) is 38.0 Å². The standard InChI is InChI=1S/C26H27N3O3S/c1-31-24-12-11-17(13-25(24)32-2)21(22-16-27-23-10-5-4-9-20(22)23)15-28-26(30)29-18-7-6-8-19(14-18)33-3/h4-14,16,21,27H,15H2,1-3H3,(H2,28,29,30)/t21-/m0/s1. The molecule has 170 valence electrons. The molecule has 0 bridgehead atoms. The first-order chi connectivity index (χ1) is 16.1. The van der Waals surface area contributed by atoms with E-state index in [4.69, 9.17) is 9.47 Å². The summed E-state index contributed by atoms with van der Waals surface area (Å²) < 4.78 is 10.9. The van der Waals surface area contributed by atoms with E-state index >= 15 is 0 Å². The number of hydrogen-bond donors (Lipinski definition) is 3. The zero-order valence-electron chi connectivity index (χ0n) is 18.8. The molecule has 1 aromatic heterocycles. The van der Waals surface area contributed by atoms with Crippen molar-refractivity contribution >= 4 is 34.4 Å². The Labute approximate surface area is 197 Å². The third-order valence-electron chi connectivity index (χ3n) is 5.60. The molecular formula is C26H27N3O3S. The summed E-state index contributed by atoms with van der Waals surface area (Å²) in [5, 5.41) is 7.09. The van der Waals surface area contributed by atoms with E-state index in [-0.39, 0.29) is 11.9 Å². The number of hydrogen-bond acceptors (Lipinski definition) is 4. The number of aromatic amines is 1. The molecule has 0 spiro atoms. The smallest absolute Gasteiger partial charge is 0.319 e. The largest absolute Gasteiger partial charge is 0.493 e. The average molecular weight is 462 g/mol. The highest BCUT2D eigenvalue weighted by molar-refractivity contribution is 7.98. The number of methoxy groups -OCH3 is 2. The van der Waals surface area contributed by atoms with Crippen LogP contribution in [0, 0.1) is 0 Å². The Bertz CT molecular complexity index is 1250. The molecule has 0 unspecified atom stereocenters.